The number of fused-ring (bicyclic) bond motifs is 1. The Bertz CT molecular complexity index is 1180. The zero-order valence-corrected chi connectivity index (χ0v) is 16.0. The molecule has 7 heteroatoms. The third-order valence-electron chi connectivity index (χ3n) is 4.86. The van der Waals surface area contributed by atoms with E-state index in [2.05, 4.69) is 15.3 Å². The first-order chi connectivity index (χ1) is 14.2. The van der Waals surface area contributed by atoms with Crippen molar-refractivity contribution in [2.45, 2.75) is 0 Å². The number of carbonyl (C=O) groups excluding carboxylic acids is 1. The van der Waals surface area contributed by atoms with Crippen molar-refractivity contribution in [2.24, 2.45) is 0 Å². The second kappa shape index (κ2) is 8.12. The van der Waals surface area contributed by atoms with Crippen LogP contribution >= 0.6 is 0 Å². The molecular weight excluding hydrogens is 366 g/mol. The number of amides is 1. The number of likely N-dealkylation sites (N-methyl/N-ethyl adjacent to an activating group) is 1. The second-order valence-corrected chi connectivity index (χ2v) is 6.63. The van der Waals surface area contributed by atoms with E-state index < -0.39 is 0 Å². The molecule has 4 rings (SSSR count). The summed E-state index contributed by atoms with van der Waals surface area (Å²) < 4.78 is 1.92. The quantitative estimate of drug-likeness (QED) is 0.478. The van der Waals surface area contributed by atoms with Gasteiger partial charge in [-0.15, -0.1) is 0 Å². The molecule has 0 saturated carbocycles. The summed E-state index contributed by atoms with van der Waals surface area (Å²) in [6.45, 7) is 1.28. The molecule has 0 unspecified atom stereocenters. The summed E-state index contributed by atoms with van der Waals surface area (Å²) in [5, 5.41) is 3.57. The molecule has 0 spiro atoms. The van der Waals surface area contributed by atoms with Crippen LogP contribution in [-0.2, 0) is 4.79 Å². The van der Waals surface area contributed by atoms with E-state index in [9.17, 15) is 9.59 Å². The lowest BCUT2D eigenvalue weighted by molar-refractivity contribution is -0.107. The molecule has 0 aliphatic carbocycles. The summed E-state index contributed by atoms with van der Waals surface area (Å²) in [7, 11) is 1.85. The molecule has 29 heavy (non-hydrogen) atoms. The molecule has 1 amide bonds. The largest absolute Gasteiger partial charge is 0.318 e. The summed E-state index contributed by atoms with van der Waals surface area (Å²) in [5.41, 5.74) is 3.81. The van der Waals surface area contributed by atoms with Crippen LogP contribution in [0, 0.1) is 0 Å². The molecular formula is C22H21N5O2. The summed E-state index contributed by atoms with van der Waals surface area (Å²) in [5.74, 6) is 0. The maximum atomic E-state index is 12.6. The fourth-order valence-electron chi connectivity index (χ4n) is 3.38. The molecule has 7 nitrogen and oxygen atoms in total. The average Bonchev–Trinajstić information content (AvgIpc) is 3.16. The van der Waals surface area contributed by atoms with E-state index in [-0.39, 0.29) is 5.56 Å². The molecule has 0 aliphatic heterocycles. The molecule has 2 aromatic heterocycles. The number of benzene rings is 2. The van der Waals surface area contributed by atoms with E-state index in [0.717, 1.165) is 28.9 Å². The second-order valence-electron chi connectivity index (χ2n) is 6.63. The molecule has 2 heterocycles. The predicted octanol–water partition coefficient (Wildman–Crippen LogP) is 2.56. The highest BCUT2D eigenvalue weighted by Gasteiger charge is 2.16. The van der Waals surface area contributed by atoms with Crippen molar-refractivity contribution in [1.29, 1.82) is 0 Å². The molecule has 146 valence electrons. The van der Waals surface area contributed by atoms with Crippen molar-refractivity contribution in [3.05, 3.63) is 77.5 Å². The Hall–Kier alpha value is -3.71. The summed E-state index contributed by atoms with van der Waals surface area (Å²) in [6.07, 6.45) is 4.17. The zero-order valence-electron chi connectivity index (χ0n) is 16.0. The van der Waals surface area contributed by atoms with Crippen molar-refractivity contribution in [3.8, 4) is 16.8 Å². The van der Waals surface area contributed by atoms with E-state index >= 15 is 0 Å². The van der Waals surface area contributed by atoms with Crippen molar-refractivity contribution in [1.82, 2.24) is 19.9 Å². The van der Waals surface area contributed by atoms with Crippen molar-refractivity contribution in [3.63, 3.8) is 0 Å². The highest BCUT2D eigenvalue weighted by molar-refractivity contribution is 5.94. The number of hydrogen-bond donors (Lipinski definition) is 2. The number of para-hydroxylation sites is 1. The Morgan fingerprint density at radius 2 is 1.90 bits per heavy atom. The minimum Gasteiger partial charge on any atom is -0.318 e. The van der Waals surface area contributed by atoms with Crippen LogP contribution in [0.1, 0.15) is 0 Å². The smallest absolute Gasteiger partial charge is 0.260 e. The SMILES string of the molecule is CNCCN(C=O)c1ccc(-c2cn(-c3ccccc3)c3nc[nH]c(=O)c23)cc1. The first kappa shape index (κ1) is 18.6. The van der Waals surface area contributed by atoms with E-state index in [4.69, 9.17) is 0 Å². The van der Waals surface area contributed by atoms with E-state index in [1.165, 1.54) is 6.33 Å². The van der Waals surface area contributed by atoms with Crippen LogP contribution in [-0.4, -0.2) is 41.1 Å². The fraction of sp³-hybridized carbons (Fsp3) is 0.136. The highest BCUT2D eigenvalue weighted by Crippen LogP contribution is 2.30. The van der Waals surface area contributed by atoms with E-state index in [1.54, 1.807) is 4.90 Å². The first-order valence-corrected chi connectivity index (χ1v) is 9.34. The van der Waals surface area contributed by atoms with Gasteiger partial charge in [0.2, 0.25) is 6.41 Å². The third kappa shape index (κ3) is 3.55. The number of hydrogen-bond acceptors (Lipinski definition) is 4. The van der Waals surface area contributed by atoms with Gasteiger partial charge < -0.3 is 19.8 Å². The third-order valence-corrected chi connectivity index (χ3v) is 4.86. The minimum absolute atomic E-state index is 0.188. The van der Waals surface area contributed by atoms with Crippen LogP contribution < -0.4 is 15.8 Å². The Morgan fingerprint density at radius 3 is 2.59 bits per heavy atom. The van der Waals surface area contributed by atoms with Gasteiger partial charge in [-0.25, -0.2) is 4.98 Å². The zero-order chi connectivity index (χ0) is 20.2. The van der Waals surface area contributed by atoms with Gasteiger partial charge in [-0.2, -0.15) is 0 Å². The standard InChI is InChI=1S/C22H21N5O2/c1-23-11-12-26(15-28)17-9-7-16(8-10-17)19-13-27(18-5-3-2-4-6-18)21-20(19)22(29)25-14-24-21/h2-10,13-15,23H,11-12H2,1H3,(H,24,25,29). The Balaban J connectivity index is 1.80. The lowest BCUT2D eigenvalue weighted by Crippen LogP contribution is -2.29. The molecule has 2 N–H and O–H groups in total. The van der Waals surface area contributed by atoms with Gasteiger partial charge in [-0.1, -0.05) is 30.3 Å². The van der Waals surface area contributed by atoms with Crippen LogP contribution in [0.5, 0.6) is 0 Å². The van der Waals surface area contributed by atoms with Crippen LogP contribution in [0.15, 0.2) is 71.9 Å². The number of H-pyrrole nitrogens is 1. The number of anilines is 1. The van der Waals surface area contributed by atoms with Gasteiger partial charge >= 0.3 is 0 Å². The monoisotopic (exact) mass is 387 g/mol. The summed E-state index contributed by atoms with van der Waals surface area (Å²) >= 11 is 0. The number of rotatable bonds is 7. The molecule has 0 aliphatic rings. The van der Waals surface area contributed by atoms with Crippen molar-refractivity contribution in [2.75, 3.05) is 25.0 Å². The molecule has 2 aromatic carbocycles. The van der Waals surface area contributed by atoms with Crippen LogP contribution in [0.4, 0.5) is 5.69 Å². The molecule has 0 radical (unpaired) electrons. The van der Waals surface area contributed by atoms with E-state index in [1.807, 2.05) is 72.4 Å². The predicted molar refractivity (Wildman–Crippen MR) is 114 cm³/mol. The lowest BCUT2D eigenvalue weighted by atomic mass is 10.1. The minimum atomic E-state index is -0.188. The normalized spacial score (nSPS) is 10.9. The first-order valence-electron chi connectivity index (χ1n) is 9.34. The van der Waals surface area contributed by atoms with Gasteiger partial charge in [-0.3, -0.25) is 9.59 Å². The lowest BCUT2D eigenvalue weighted by Gasteiger charge is -2.17. The fourth-order valence-corrected chi connectivity index (χ4v) is 3.38. The Labute approximate surface area is 167 Å². The number of nitrogens with zero attached hydrogens (tertiary/aromatic N) is 3. The Morgan fingerprint density at radius 1 is 1.14 bits per heavy atom. The summed E-state index contributed by atoms with van der Waals surface area (Å²) in [4.78, 5) is 32.7. The van der Waals surface area contributed by atoms with E-state index in [0.29, 0.717) is 24.1 Å². The molecule has 4 aromatic rings. The topological polar surface area (TPSA) is 83.0 Å². The van der Waals surface area contributed by atoms with Crippen LogP contribution in [0.25, 0.3) is 27.8 Å². The van der Waals surface area contributed by atoms with Crippen molar-refractivity contribution >= 4 is 23.1 Å². The number of aromatic amines is 1. The van der Waals surface area contributed by atoms with Gasteiger partial charge in [0.25, 0.3) is 5.56 Å². The average molecular weight is 387 g/mol. The maximum absolute atomic E-state index is 12.6. The number of nitrogens with one attached hydrogen (secondary N) is 2. The van der Waals surface area contributed by atoms with Gasteiger partial charge in [0, 0.05) is 36.2 Å². The molecule has 0 saturated heterocycles. The molecule has 0 fully saturated rings. The van der Waals surface area contributed by atoms with Gasteiger partial charge in [0.15, 0.2) is 5.65 Å². The number of aromatic nitrogens is 3. The highest BCUT2D eigenvalue weighted by atomic mass is 16.1. The Kier molecular flexibility index (Phi) is 5.22. The molecule has 0 bridgehead atoms. The maximum Gasteiger partial charge on any atom is 0.260 e. The van der Waals surface area contributed by atoms with Gasteiger partial charge in [0.1, 0.15) is 0 Å². The van der Waals surface area contributed by atoms with Crippen LogP contribution in [0.2, 0.25) is 0 Å². The molecule has 0 atom stereocenters. The van der Waals surface area contributed by atoms with Crippen molar-refractivity contribution < 1.29 is 4.79 Å². The van der Waals surface area contributed by atoms with Crippen LogP contribution in [0.3, 0.4) is 0 Å². The summed E-state index contributed by atoms with van der Waals surface area (Å²) in [6, 6.07) is 17.4. The number of carbonyl (C=O) groups is 1. The van der Waals surface area contributed by atoms with Gasteiger partial charge in [-0.05, 0) is 36.9 Å². The van der Waals surface area contributed by atoms with Gasteiger partial charge in [0.05, 0.1) is 11.7 Å².